The van der Waals surface area contributed by atoms with Gasteiger partial charge in [-0.05, 0) is 13.8 Å². The number of aromatic nitrogens is 1. The standard InChI is InChI=1S/C8H14N2S/c1-5-4-10-8(11-5)6(2)7(3)9/h4,6-7H,9H2,1-3H3. The molecule has 0 bridgehead atoms. The van der Waals surface area contributed by atoms with Crippen LogP contribution in [0.4, 0.5) is 0 Å². The summed E-state index contributed by atoms with van der Waals surface area (Å²) in [6.45, 7) is 6.19. The van der Waals surface area contributed by atoms with Crippen molar-refractivity contribution in [2.75, 3.05) is 0 Å². The second-order valence-corrected chi connectivity index (χ2v) is 4.22. The molecule has 0 radical (unpaired) electrons. The normalized spacial score (nSPS) is 16.4. The van der Waals surface area contributed by atoms with Crippen LogP contribution in [0.3, 0.4) is 0 Å². The molecule has 1 aromatic rings. The summed E-state index contributed by atoms with van der Waals surface area (Å²) < 4.78 is 0. The van der Waals surface area contributed by atoms with E-state index in [0.29, 0.717) is 5.92 Å². The van der Waals surface area contributed by atoms with E-state index in [0.717, 1.165) is 5.01 Å². The molecule has 2 N–H and O–H groups in total. The lowest BCUT2D eigenvalue weighted by Crippen LogP contribution is -2.22. The highest BCUT2D eigenvalue weighted by molar-refractivity contribution is 7.11. The topological polar surface area (TPSA) is 38.9 Å². The van der Waals surface area contributed by atoms with Crippen LogP contribution in [0.25, 0.3) is 0 Å². The summed E-state index contributed by atoms with van der Waals surface area (Å²) in [7, 11) is 0. The van der Waals surface area contributed by atoms with Gasteiger partial charge < -0.3 is 5.73 Å². The third-order valence-electron chi connectivity index (χ3n) is 1.82. The fraction of sp³-hybridized carbons (Fsp3) is 0.625. The van der Waals surface area contributed by atoms with Crippen LogP contribution in [0.5, 0.6) is 0 Å². The molecule has 1 aromatic heterocycles. The maximum Gasteiger partial charge on any atom is 0.0971 e. The van der Waals surface area contributed by atoms with E-state index in [4.69, 9.17) is 5.73 Å². The van der Waals surface area contributed by atoms with Crippen LogP contribution in [0.1, 0.15) is 29.7 Å². The summed E-state index contributed by atoms with van der Waals surface area (Å²) in [6.07, 6.45) is 1.90. The monoisotopic (exact) mass is 170 g/mol. The first-order valence-corrected chi connectivity index (χ1v) is 4.61. The Balaban J connectivity index is 2.76. The zero-order valence-corrected chi connectivity index (χ0v) is 7.98. The number of nitrogens with zero attached hydrogens (tertiary/aromatic N) is 1. The Morgan fingerprint density at radius 1 is 1.55 bits per heavy atom. The van der Waals surface area contributed by atoms with Crippen LogP contribution in [-0.4, -0.2) is 11.0 Å². The molecule has 62 valence electrons. The van der Waals surface area contributed by atoms with Crippen LogP contribution in [-0.2, 0) is 0 Å². The van der Waals surface area contributed by atoms with E-state index in [1.165, 1.54) is 4.88 Å². The van der Waals surface area contributed by atoms with Crippen molar-refractivity contribution >= 4 is 11.3 Å². The zero-order valence-electron chi connectivity index (χ0n) is 7.16. The molecule has 0 fully saturated rings. The number of thiazole rings is 1. The molecule has 2 unspecified atom stereocenters. The lowest BCUT2D eigenvalue weighted by atomic mass is 10.1. The average molecular weight is 170 g/mol. The highest BCUT2D eigenvalue weighted by atomic mass is 32.1. The van der Waals surface area contributed by atoms with Gasteiger partial charge in [-0.15, -0.1) is 11.3 Å². The van der Waals surface area contributed by atoms with Gasteiger partial charge in [0.15, 0.2) is 0 Å². The van der Waals surface area contributed by atoms with Crippen LogP contribution >= 0.6 is 11.3 Å². The number of rotatable bonds is 2. The number of hydrogen-bond donors (Lipinski definition) is 1. The third kappa shape index (κ3) is 2.01. The highest BCUT2D eigenvalue weighted by Crippen LogP contribution is 2.22. The summed E-state index contributed by atoms with van der Waals surface area (Å²) in [5.41, 5.74) is 5.74. The van der Waals surface area contributed by atoms with E-state index in [1.54, 1.807) is 11.3 Å². The first-order valence-electron chi connectivity index (χ1n) is 3.79. The Labute approximate surface area is 71.5 Å². The molecule has 1 heterocycles. The van der Waals surface area contributed by atoms with Gasteiger partial charge >= 0.3 is 0 Å². The predicted molar refractivity (Wildman–Crippen MR) is 48.9 cm³/mol. The van der Waals surface area contributed by atoms with Gasteiger partial charge in [-0.1, -0.05) is 6.92 Å². The molecule has 0 aliphatic heterocycles. The zero-order chi connectivity index (χ0) is 8.43. The van der Waals surface area contributed by atoms with Gasteiger partial charge in [-0.3, -0.25) is 0 Å². The Bertz CT molecular complexity index is 230. The predicted octanol–water partition coefficient (Wildman–Crippen LogP) is 1.90. The lowest BCUT2D eigenvalue weighted by molar-refractivity contribution is 0.610. The number of aryl methyl sites for hydroxylation is 1. The summed E-state index contributed by atoms with van der Waals surface area (Å²) in [5.74, 6) is 0.383. The molecule has 0 saturated carbocycles. The van der Waals surface area contributed by atoms with E-state index >= 15 is 0 Å². The summed E-state index contributed by atoms with van der Waals surface area (Å²) in [6, 6.07) is 0.195. The highest BCUT2D eigenvalue weighted by Gasteiger charge is 2.12. The first-order chi connectivity index (χ1) is 5.11. The Hall–Kier alpha value is -0.410. The number of hydrogen-bond acceptors (Lipinski definition) is 3. The first kappa shape index (κ1) is 8.68. The maximum absolute atomic E-state index is 5.74. The van der Waals surface area contributed by atoms with Gasteiger partial charge in [0, 0.05) is 23.0 Å². The minimum Gasteiger partial charge on any atom is -0.327 e. The molecule has 2 atom stereocenters. The quantitative estimate of drug-likeness (QED) is 0.736. The average Bonchev–Trinajstić information content (AvgIpc) is 2.34. The molecule has 0 amide bonds. The van der Waals surface area contributed by atoms with Crippen molar-refractivity contribution in [2.45, 2.75) is 32.7 Å². The Morgan fingerprint density at radius 2 is 2.18 bits per heavy atom. The second kappa shape index (κ2) is 3.32. The smallest absolute Gasteiger partial charge is 0.0971 e. The van der Waals surface area contributed by atoms with Crippen molar-refractivity contribution < 1.29 is 0 Å². The lowest BCUT2D eigenvalue weighted by Gasteiger charge is -2.11. The molecule has 0 aliphatic rings. The Kier molecular flexibility index (Phi) is 2.62. The van der Waals surface area contributed by atoms with Crippen LogP contribution in [0, 0.1) is 6.92 Å². The molecule has 0 aromatic carbocycles. The number of nitrogens with two attached hydrogens (primary N) is 1. The van der Waals surface area contributed by atoms with E-state index in [9.17, 15) is 0 Å². The van der Waals surface area contributed by atoms with Crippen molar-refractivity contribution in [1.82, 2.24) is 4.98 Å². The fourth-order valence-electron chi connectivity index (χ4n) is 0.808. The second-order valence-electron chi connectivity index (χ2n) is 2.96. The van der Waals surface area contributed by atoms with Gasteiger partial charge in [0.05, 0.1) is 5.01 Å². The van der Waals surface area contributed by atoms with Gasteiger partial charge in [-0.25, -0.2) is 4.98 Å². The third-order valence-corrected chi connectivity index (χ3v) is 2.93. The molecular weight excluding hydrogens is 156 g/mol. The van der Waals surface area contributed by atoms with E-state index in [1.807, 2.05) is 13.1 Å². The van der Waals surface area contributed by atoms with Crippen molar-refractivity contribution in [2.24, 2.45) is 5.73 Å². The van der Waals surface area contributed by atoms with Crippen LogP contribution < -0.4 is 5.73 Å². The van der Waals surface area contributed by atoms with Crippen molar-refractivity contribution in [3.8, 4) is 0 Å². The molecule has 11 heavy (non-hydrogen) atoms. The minimum atomic E-state index is 0.195. The minimum absolute atomic E-state index is 0.195. The van der Waals surface area contributed by atoms with Gasteiger partial charge in [-0.2, -0.15) is 0 Å². The van der Waals surface area contributed by atoms with E-state index in [2.05, 4.69) is 18.8 Å². The Morgan fingerprint density at radius 3 is 2.55 bits per heavy atom. The van der Waals surface area contributed by atoms with Gasteiger partial charge in [0.2, 0.25) is 0 Å². The molecule has 1 rings (SSSR count). The largest absolute Gasteiger partial charge is 0.327 e. The summed E-state index contributed by atoms with van der Waals surface area (Å²) in [4.78, 5) is 5.53. The van der Waals surface area contributed by atoms with Gasteiger partial charge in [0.1, 0.15) is 0 Å². The van der Waals surface area contributed by atoms with E-state index < -0.39 is 0 Å². The van der Waals surface area contributed by atoms with Gasteiger partial charge in [0.25, 0.3) is 0 Å². The molecular formula is C8H14N2S. The van der Waals surface area contributed by atoms with Crippen LogP contribution in [0.15, 0.2) is 6.20 Å². The van der Waals surface area contributed by atoms with Crippen LogP contribution in [0.2, 0.25) is 0 Å². The SMILES string of the molecule is Cc1cnc(C(C)C(C)N)s1. The van der Waals surface area contributed by atoms with E-state index in [-0.39, 0.29) is 6.04 Å². The summed E-state index contributed by atoms with van der Waals surface area (Å²) >= 11 is 1.73. The summed E-state index contributed by atoms with van der Waals surface area (Å²) in [5, 5.41) is 1.15. The molecule has 0 aliphatic carbocycles. The fourth-order valence-corrected chi connectivity index (χ4v) is 1.75. The molecule has 2 nitrogen and oxygen atoms in total. The van der Waals surface area contributed by atoms with Crippen molar-refractivity contribution in [3.63, 3.8) is 0 Å². The molecule has 3 heteroatoms. The maximum atomic E-state index is 5.74. The van der Waals surface area contributed by atoms with Crippen molar-refractivity contribution in [1.29, 1.82) is 0 Å². The van der Waals surface area contributed by atoms with Crippen molar-refractivity contribution in [3.05, 3.63) is 16.1 Å². The molecule has 0 saturated heterocycles. The molecule has 0 spiro atoms.